The fourth-order valence-corrected chi connectivity index (χ4v) is 2.30. The molecule has 0 atom stereocenters. The number of likely N-dealkylation sites (N-methyl/N-ethyl adjacent to an activating group) is 1. The Morgan fingerprint density at radius 1 is 1.47 bits per heavy atom. The van der Waals surface area contributed by atoms with E-state index in [2.05, 4.69) is 11.3 Å². The van der Waals surface area contributed by atoms with E-state index in [-0.39, 0.29) is 5.91 Å². The Hall–Kier alpha value is -1.30. The minimum atomic E-state index is 0.0878. The molecule has 0 radical (unpaired) electrons. The smallest absolute Gasteiger partial charge is 0.241 e. The van der Waals surface area contributed by atoms with E-state index in [9.17, 15) is 4.79 Å². The van der Waals surface area contributed by atoms with Crippen molar-refractivity contribution in [2.45, 2.75) is 20.3 Å². The van der Waals surface area contributed by atoms with Crippen LogP contribution in [0, 0.1) is 6.92 Å². The van der Waals surface area contributed by atoms with Crippen molar-refractivity contribution in [3.63, 3.8) is 0 Å². The van der Waals surface area contributed by atoms with Crippen LogP contribution >= 0.6 is 11.5 Å². The third-order valence-corrected chi connectivity index (χ3v) is 3.57. The molecule has 1 amide bonds. The van der Waals surface area contributed by atoms with Gasteiger partial charge in [-0.05, 0) is 24.9 Å². The number of nitrogens with zero attached hydrogens (tertiary/aromatic N) is 3. The SMILES string of the molecule is CCCN(CC(=O)N(C)C)c1snc(N)c1C. The second kappa shape index (κ2) is 5.86. The van der Waals surface area contributed by atoms with Gasteiger partial charge >= 0.3 is 0 Å². The molecule has 0 unspecified atom stereocenters. The molecule has 0 saturated carbocycles. The van der Waals surface area contributed by atoms with E-state index in [1.807, 2.05) is 11.8 Å². The first-order valence-corrected chi connectivity index (χ1v) is 6.41. The van der Waals surface area contributed by atoms with Gasteiger partial charge in [0.25, 0.3) is 0 Å². The number of aromatic nitrogens is 1. The molecule has 1 aromatic rings. The highest BCUT2D eigenvalue weighted by Crippen LogP contribution is 2.29. The van der Waals surface area contributed by atoms with Gasteiger partial charge in [-0.2, -0.15) is 4.37 Å². The number of hydrogen-bond acceptors (Lipinski definition) is 5. The molecule has 6 heteroatoms. The molecule has 0 aromatic carbocycles. The molecular weight excluding hydrogens is 236 g/mol. The standard InChI is InChI=1S/C11H20N4OS/c1-5-6-15(7-9(16)14(3)4)11-8(2)10(12)13-17-11/h5-7H2,1-4H3,(H2,12,13). The lowest BCUT2D eigenvalue weighted by Crippen LogP contribution is -2.37. The van der Waals surface area contributed by atoms with Crippen molar-refractivity contribution in [2.75, 3.05) is 37.8 Å². The van der Waals surface area contributed by atoms with Crippen molar-refractivity contribution < 1.29 is 4.79 Å². The molecule has 1 rings (SSSR count). The average molecular weight is 256 g/mol. The van der Waals surface area contributed by atoms with Crippen LogP contribution in [0.4, 0.5) is 10.8 Å². The van der Waals surface area contributed by atoms with Crippen LogP contribution in [0.1, 0.15) is 18.9 Å². The van der Waals surface area contributed by atoms with Gasteiger partial charge in [-0.1, -0.05) is 6.92 Å². The summed E-state index contributed by atoms with van der Waals surface area (Å²) in [4.78, 5) is 15.4. The van der Waals surface area contributed by atoms with Crippen molar-refractivity contribution in [1.82, 2.24) is 9.27 Å². The summed E-state index contributed by atoms with van der Waals surface area (Å²) < 4.78 is 4.12. The zero-order chi connectivity index (χ0) is 13.0. The number of nitrogen functional groups attached to an aromatic ring is 1. The van der Waals surface area contributed by atoms with E-state index < -0.39 is 0 Å². The summed E-state index contributed by atoms with van der Waals surface area (Å²) in [7, 11) is 3.53. The highest BCUT2D eigenvalue weighted by Gasteiger charge is 2.17. The van der Waals surface area contributed by atoms with Gasteiger partial charge in [-0.25, -0.2) is 0 Å². The normalized spacial score (nSPS) is 10.4. The molecule has 17 heavy (non-hydrogen) atoms. The number of anilines is 2. The molecule has 1 heterocycles. The van der Waals surface area contributed by atoms with Gasteiger partial charge in [0.1, 0.15) is 10.8 Å². The van der Waals surface area contributed by atoms with Crippen LogP contribution in [-0.4, -0.2) is 42.4 Å². The number of nitrogens with two attached hydrogens (primary N) is 1. The monoisotopic (exact) mass is 256 g/mol. The van der Waals surface area contributed by atoms with E-state index in [4.69, 9.17) is 5.73 Å². The van der Waals surface area contributed by atoms with Crippen LogP contribution < -0.4 is 10.6 Å². The van der Waals surface area contributed by atoms with Crippen LogP contribution in [-0.2, 0) is 4.79 Å². The molecule has 0 aliphatic rings. The number of hydrogen-bond donors (Lipinski definition) is 1. The van der Waals surface area contributed by atoms with Crippen LogP contribution in [0.5, 0.6) is 0 Å². The quantitative estimate of drug-likeness (QED) is 0.863. The summed E-state index contributed by atoms with van der Waals surface area (Å²) >= 11 is 1.36. The van der Waals surface area contributed by atoms with Crippen molar-refractivity contribution in [3.8, 4) is 0 Å². The van der Waals surface area contributed by atoms with E-state index in [1.54, 1.807) is 19.0 Å². The van der Waals surface area contributed by atoms with Gasteiger partial charge < -0.3 is 15.5 Å². The average Bonchev–Trinajstić information content (AvgIpc) is 2.59. The van der Waals surface area contributed by atoms with Gasteiger partial charge in [-0.3, -0.25) is 4.79 Å². The Morgan fingerprint density at radius 2 is 2.12 bits per heavy atom. The number of carbonyl (C=O) groups excluding carboxylic acids is 1. The van der Waals surface area contributed by atoms with E-state index in [0.29, 0.717) is 12.4 Å². The second-order valence-electron chi connectivity index (χ2n) is 4.21. The summed E-state index contributed by atoms with van der Waals surface area (Å²) in [5, 5.41) is 1.000. The molecule has 96 valence electrons. The lowest BCUT2D eigenvalue weighted by atomic mass is 10.3. The third-order valence-electron chi connectivity index (χ3n) is 2.54. The third kappa shape index (κ3) is 3.33. The molecular formula is C11H20N4OS. The number of carbonyl (C=O) groups is 1. The maximum Gasteiger partial charge on any atom is 0.241 e. The first kappa shape index (κ1) is 13.8. The van der Waals surface area contributed by atoms with Crippen molar-refractivity contribution >= 4 is 28.3 Å². The molecule has 0 spiro atoms. The van der Waals surface area contributed by atoms with E-state index >= 15 is 0 Å². The summed E-state index contributed by atoms with van der Waals surface area (Å²) in [5.41, 5.74) is 6.71. The highest BCUT2D eigenvalue weighted by atomic mass is 32.1. The van der Waals surface area contributed by atoms with Gasteiger partial charge in [0, 0.05) is 26.2 Å². The fraction of sp³-hybridized carbons (Fsp3) is 0.636. The van der Waals surface area contributed by atoms with Crippen molar-refractivity contribution in [1.29, 1.82) is 0 Å². The highest BCUT2D eigenvalue weighted by molar-refractivity contribution is 7.10. The molecule has 1 aromatic heterocycles. The van der Waals surface area contributed by atoms with Crippen LogP contribution in [0.25, 0.3) is 0 Å². The Labute approximate surface area is 106 Å². The number of rotatable bonds is 5. The van der Waals surface area contributed by atoms with Crippen molar-refractivity contribution in [3.05, 3.63) is 5.56 Å². The molecule has 0 aliphatic carbocycles. The Kier molecular flexibility index (Phi) is 4.74. The van der Waals surface area contributed by atoms with Gasteiger partial charge in [-0.15, -0.1) is 0 Å². The first-order chi connectivity index (χ1) is 7.97. The summed E-state index contributed by atoms with van der Waals surface area (Å²) in [6.45, 7) is 5.25. The predicted molar refractivity (Wildman–Crippen MR) is 72.5 cm³/mol. The van der Waals surface area contributed by atoms with Crippen molar-refractivity contribution in [2.24, 2.45) is 0 Å². The molecule has 0 fully saturated rings. The lowest BCUT2D eigenvalue weighted by Gasteiger charge is -2.24. The van der Waals surface area contributed by atoms with Gasteiger partial charge in [0.2, 0.25) is 5.91 Å². The maximum absolute atomic E-state index is 11.8. The molecule has 5 nitrogen and oxygen atoms in total. The first-order valence-electron chi connectivity index (χ1n) is 5.64. The van der Waals surface area contributed by atoms with Crippen LogP contribution in [0.15, 0.2) is 0 Å². The topological polar surface area (TPSA) is 62.5 Å². The number of amides is 1. The Morgan fingerprint density at radius 3 is 2.53 bits per heavy atom. The minimum Gasteiger partial charge on any atom is -0.383 e. The Bertz CT molecular complexity index is 389. The summed E-state index contributed by atoms with van der Waals surface area (Å²) in [5.74, 6) is 0.647. The largest absolute Gasteiger partial charge is 0.383 e. The fourth-order valence-electron chi connectivity index (χ4n) is 1.46. The minimum absolute atomic E-state index is 0.0878. The molecule has 0 saturated heterocycles. The van der Waals surface area contributed by atoms with Crippen LogP contribution in [0.3, 0.4) is 0 Å². The lowest BCUT2D eigenvalue weighted by molar-refractivity contribution is -0.127. The van der Waals surface area contributed by atoms with Gasteiger partial charge in [0.15, 0.2) is 0 Å². The summed E-state index contributed by atoms with van der Waals surface area (Å²) in [6, 6.07) is 0. The predicted octanol–water partition coefficient (Wildman–Crippen LogP) is 1.34. The van der Waals surface area contributed by atoms with Crippen LogP contribution in [0.2, 0.25) is 0 Å². The molecule has 0 aliphatic heterocycles. The van der Waals surface area contributed by atoms with E-state index in [0.717, 1.165) is 23.5 Å². The van der Waals surface area contributed by atoms with E-state index in [1.165, 1.54) is 11.5 Å². The summed E-state index contributed by atoms with van der Waals surface area (Å²) in [6.07, 6.45) is 0.984. The molecule has 2 N–H and O–H groups in total. The zero-order valence-electron chi connectivity index (χ0n) is 10.9. The molecule has 0 bridgehead atoms. The maximum atomic E-state index is 11.8. The van der Waals surface area contributed by atoms with Gasteiger partial charge in [0.05, 0.1) is 6.54 Å². The zero-order valence-corrected chi connectivity index (χ0v) is 11.7. The Balaban J connectivity index is 2.86. The second-order valence-corrected chi connectivity index (χ2v) is 4.96.